The van der Waals surface area contributed by atoms with Gasteiger partial charge in [-0.1, -0.05) is 20.8 Å². The van der Waals surface area contributed by atoms with Gasteiger partial charge in [0.25, 0.3) is 0 Å². The molecule has 0 aromatic heterocycles. The van der Waals surface area contributed by atoms with Crippen LogP contribution in [-0.4, -0.2) is 188 Å². The molecule has 0 aromatic rings. The highest BCUT2D eigenvalue weighted by Crippen LogP contribution is 2.25. The van der Waals surface area contributed by atoms with Crippen molar-refractivity contribution in [2.45, 2.75) is 94.6 Å². The van der Waals surface area contributed by atoms with Crippen molar-refractivity contribution >= 4 is 11.6 Å². The fourth-order valence-electron chi connectivity index (χ4n) is 3.86. The summed E-state index contributed by atoms with van der Waals surface area (Å²) in [6.45, 7) is 2.17. The molecular weight excluding hydrogens is 620 g/mol. The van der Waals surface area contributed by atoms with Crippen molar-refractivity contribution < 1.29 is 85.0 Å². The zero-order valence-corrected chi connectivity index (χ0v) is 26.2. The van der Waals surface area contributed by atoms with Gasteiger partial charge in [0.15, 0.2) is 18.9 Å². The molecule has 15 unspecified atom stereocenters. The minimum atomic E-state index is -2.41. The fourth-order valence-corrected chi connectivity index (χ4v) is 3.97. The molecule has 0 radical (unpaired) electrons. The van der Waals surface area contributed by atoms with E-state index in [0.717, 1.165) is 7.11 Å². The largest absolute Gasteiger partial charge is 0.396 e. The molecule has 17 nitrogen and oxygen atoms in total. The molecule has 18 heteroatoms. The predicted molar refractivity (Wildman–Crippen MR) is 151 cm³/mol. The first kappa shape index (κ1) is 43.6. The van der Waals surface area contributed by atoms with Gasteiger partial charge in [0.1, 0.15) is 36.6 Å². The predicted octanol–water partition coefficient (Wildman–Crippen LogP) is -4.95. The first-order valence-corrected chi connectivity index (χ1v) is 14.7. The molecule has 0 aromatic carbocycles. The summed E-state index contributed by atoms with van der Waals surface area (Å²) >= 11 is 5.54. The van der Waals surface area contributed by atoms with Crippen LogP contribution >= 0.6 is 11.6 Å². The molecule has 15 atom stereocenters. The van der Waals surface area contributed by atoms with Crippen LogP contribution in [0.3, 0.4) is 0 Å². The molecule has 0 bridgehead atoms. The SMILES string of the molecule is COC(OC(C(O)OCCOCCCl)C(O)C(O)C(C)CO)C(OC(O)C(O)C(O)C(O)C(C)CO)C(O)C(O)C(C)CO. The van der Waals surface area contributed by atoms with Crippen LogP contribution in [-0.2, 0) is 23.7 Å². The lowest BCUT2D eigenvalue weighted by molar-refractivity contribution is -0.327. The lowest BCUT2D eigenvalue weighted by atomic mass is 9.95. The second-order valence-electron chi connectivity index (χ2n) is 10.7. The highest BCUT2D eigenvalue weighted by atomic mass is 35.5. The standard InChI is InChI=1S/C26H53ClO17/c1-12(9-28)15(31)18(34)21(37)24(38)43-23(20(36)17(33)14(3)11-30)26(40-4)44-22(19(35)16(32)13(2)10-29)25(39)42-8-7-41-6-5-27/h12-26,28-39H,5-11H2,1-4H3. The monoisotopic (exact) mass is 672 g/mol. The quantitative estimate of drug-likeness (QED) is 0.0233. The van der Waals surface area contributed by atoms with E-state index < -0.39 is 111 Å². The van der Waals surface area contributed by atoms with Gasteiger partial charge in [-0.3, -0.25) is 0 Å². The van der Waals surface area contributed by atoms with Crippen molar-refractivity contribution in [3.63, 3.8) is 0 Å². The zero-order chi connectivity index (χ0) is 34.1. The average Bonchev–Trinajstić information content (AvgIpc) is 3.03. The summed E-state index contributed by atoms with van der Waals surface area (Å²) in [5.41, 5.74) is 0. The molecule has 0 aliphatic carbocycles. The maximum atomic E-state index is 11.0. The number of ether oxygens (including phenoxy) is 5. The lowest BCUT2D eigenvalue weighted by Gasteiger charge is -2.40. The summed E-state index contributed by atoms with van der Waals surface area (Å²) in [7, 11) is 1.00. The Morgan fingerprint density at radius 1 is 0.523 bits per heavy atom. The normalized spacial score (nSPS) is 22.8. The topological polar surface area (TPSA) is 289 Å². The summed E-state index contributed by atoms with van der Waals surface area (Å²) in [5.74, 6) is -2.68. The summed E-state index contributed by atoms with van der Waals surface area (Å²) in [5, 5.41) is 123. The molecule has 0 heterocycles. The van der Waals surface area contributed by atoms with Crippen LogP contribution in [0.15, 0.2) is 0 Å². The van der Waals surface area contributed by atoms with Gasteiger partial charge in [0.05, 0.1) is 38.1 Å². The van der Waals surface area contributed by atoms with Crippen LogP contribution in [0.2, 0.25) is 0 Å². The summed E-state index contributed by atoms with van der Waals surface area (Å²) < 4.78 is 26.6. The maximum absolute atomic E-state index is 11.0. The number of aliphatic hydroxyl groups is 12. The summed E-state index contributed by atoms with van der Waals surface area (Å²) in [6.07, 6.45) is -23.9. The fraction of sp³-hybridized carbons (Fsp3) is 1.00. The third-order valence-corrected chi connectivity index (χ3v) is 7.24. The second kappa shape index (κ2) is 23.0. The Kier molecular flexibility index (Phi) is 22.8. The van der Waals surface area contributed by atoms with Gasteiger partial charge in [-0.2, -0.15) is 0 Å². The van der Waals surface area contributed by atoms with Crippen LogP contribution in [0.1, 0.15) is 20.8 Å². The zero-order valence-electron chi connectivity index (χ0n) is 25.4. The first-order chi connectivity index (χ1) is 20.6. The number of aliphatic hydroxyl groups excluding tert-OH is 12. The van der Waals surface area contributed by atoms with Gasteiger partial charge in [-0.05, 0) is 0 Å². The van der Waals surface area contributed by atoms with E-state index in [9.17, 15) is 61.3 Å². The van der Waals surface area contributed by atoms with E-state index in [-0.39, 0.29) is 25.7 Å². The smallest absolute Gasteiger partial charge is 0.186 e. The highest BCUT2D eigenvalue weighted by Gasteiger charge is 2.45. The number of methoxy groups -OCH3 is 1. The third-order valence-electron chi connectivity index (χ3n) is 7.09. The molecule has 0 fully saturated rings. The third kappa shape index (κ3) is 13.8. The van der Waals surface area contributed by atoms with Crippen LogP contribution in [0.25, 0.3) is 0 Å². The molecule has 0 rings (SSSR count). The summed E-state index contributed by atoms with van der Waals surface area (Å²) in [4.78, 5) is 0. The molecule has 44 heavy (non-hydrogen) atoms. The Morgan fingerprint density at radius 2 is 0.977 bits per heavy atom. The first-order valence-electron chi connectivity index (χ1n) is 14.2. The number of alkyl halides is 1. The van der Waals surface area contributed by atoms with Crippen LogP contribution in [0.4, 0.5) is 0 Å². The van der Waals surface area contributed by atoms with E-state index >= 15 is 0 Å². The molecule has 0 saturated heterocycles. The van der Waals surface area contributed by atoms with E-state index in [1.54, 1.807) is 0 Å². The Balaban J connectivity index is 6.36. The van der Waals surface area contributed by atoms with Crippen LogP contribution in [0.5, 0.6) is 0 Å². The lowest BCUT2D eigenvalue weighted by Crippen LogP contribution is -2.58. The Morgan fingerprint density at radius 3 is 1.41 bits per heavy atom. The van der Waals surface area contributed by atoms with Crippen LogP contribution < -0.4 is 0 Å². The number of rotatable bonds is 26. The number of hydrogen-bond donors (Lipinski definition) is 12. The molecule has 266 valence electrons. The Hall–Kier alpha value is -0.390. The second-order valence-corrected chi connectivity index (χ2v) is 11.1. The minimum absolute atomic E-state index is 0.0429. The van der Waals surface area contributed by atoms with Gasteiger partial charge in [-0.25, -0.2) is 0 Å². The summed E-state index contributed by atoms with van der Waals surface area (Å²) in [6, 6.07) is 0. The maximum Gasteiger partial charge on any atom is 0.186 e. The number of hydrogen-bond acceptors (Lipinski definition) is 17. The van der Waals surface area contributed by atoms with Gasteiger partial charge >= 0.3 is 0 Å². The highest BCUT2D eigenvalue weighted by molar-refractivity contribution is 6.17. The van der Waals surface area contributed by atoms with E-state index in [0.29, 0.717) is 0 Å². The van der Waals surface area contributed by atoms with E-state index in [2.05, 4.69) is 0 Å². The minimum Gasteiger partial charge on any atom is -0.396 e. The molecule has 0 amide bonds. The Bertz CT molecular complexity index is 713. The molecule has 0 saturated carbocycles. The molecule has 0 aliphatic heterocycles. The van der Waals surface area contributed by atoms with Gasteiger partial charge < -0.3 is 85.0 Å². The van der Waals surface area contributed by atoms with Crippen molar-refractivity contribution in [3.05, 3.63) is 0 Å². The Labute approximate surface area is 261 Å². The average molecular weight is 673 g/mol. The molecule has 12 N–H and O–H groups in total. The van der Waals surface area contributed by atoms with E-state index in [4.69, 9.17) is 35.3 Å². The van der Waals surface area contributed by atoms with Crippen molar-refractivity contribution in [1.29, 1.82) is 0 Å². The van der Waals surface area contributed by atoms with E-state index in [1.165, 1.54) is 20.8 Å². The molecule has 0 spiro atoms. The number of halogens is 1. The van der Waals surface area contributed by atoms with Gasteiger partial charge in [-0.15, -0.1) is 11.6 Å². The van der Waals surface area contributed by atoms with E-state index in [1.807, 2.05) is 0 Å². The van der Waals surface area contributed by atoms with Crippen molar-refractivity contribution in [2.24, 2.45) is 17.8 Å². The molecular formula is C26H53ClO17. The van der Waals surface area contributed by atoms with Gasteiger partial charge in [0, 0.05) is 50.6 Å². The van der Waals surface area contributed by atoms with Crippen LogP contribution in [0, 0.1) is 17.8 Å². The van der Waals surface area contributed by atoms with Crippen molar-refractivity contribution in [2.75, 3.05) is 52.6 Å². The molecule has 0 aliphatic rings. The van der Waals surface area contributed by atoms with Crippen molar-refractivity contribution in [3.8, 4) is 0 Å². The van der Waals surface area contributed by atoms with Crippen molar-refractivity contribution in [1.82, 2.24) is 0 Å². The van der Waals surface area contributed by atoms with Gasteiger partial charge in [0.2, 0.25) is 0 Å².